The third kappa shape index (κ3) is 3.27. The molecule has 1 aromatic carbocycles. The fraction of sp³-hybridized carbons (Fsp3) is 0.500. The van der Waals surface area contributed by atoms with E-state index >= 15 is 0 Å². The fourth-order valence-corrected chi connectivity index (χ4v) is 4.48. The minimum absolute atomic E-state index is 0.0126. The maximum absolute atomic E-state index is 12.4. The summed E-state index contributed by atoms with van der Waals surface area (Å²) in [5.74, 6) is -0.0382. The minimum atomic E-state index is -3.64. The lowest BCUT2D eigenvalue weighted by atomic mass is 10.1. The van der Waals surface area contributed by atoms with Gasteiger partial charge in [0, 0.05) is 19.7 Å². The molecule has 2 N–H and O–H groups in total. The van der Waals surface area contributed by atoms with Gasteiger partial charge < -0.3 is 5.11 Å². The monoisotopic (exact) mass is 334 g/mol. The molecule has 0 aliphatic carbocycles. The largest absolute Gasteiger partial charge is 0.396 e. The van der Waals surface area contributed by atoms with Gasteiger partial charge in [-0.25, -0.2) is 21.6 Å². The summed E-state index contributed by atoms with van der Waals surface area (Å²) >= 11 is 0. The number of hydrogen-bond donors (Lipinski definition) is 2. The summed E-state index contributed by atoms with van der Waals surface area (Å²) < 4.78 is 51.5. The first-order valence-corrected chi connectivity index (χ1v) is 9.38. The van der Waals surface area contributed by atoms with Crippen LogP contribution < -0.4 is 4.72 Å². The van der Waals surface area contributed by atoms with Crippen molar-refractivity contribution in [3.8, 4) is 0 Å². The summed E-state index contributed by atoms with van der Waals surface area (Å²) in [5, 5.41) is 9.08. The van der Waals surface area contributed by atoms with Gasteiger partial charge in [0.25, 0.3) is 0 Å². The number of rotatable bonds is 5. The summed E-state index contributed by atoms with van der Waals surface area (Å²) in [7, 11) is -5.94. The Hall–Kier alpha value is -1.00. The standard InChI is InChI=1S/C12H18N2O5S2/c1-13-20(16,17)11-2-4-12(5-3-11)21(18,19)14-7-6-10(8-14)9-15/h2-5,10,13,15H,6-9H2,1H3. The Balaban J connectivity index is 2.26. The number of aliphatic hydroxyl groups is 1. The van der Waals surface area contributed by atoms with Crippen LogP contribution in [0, 0.1) is 5.92 Å². The number of nitrogens with zero attached hydrogens (tertiary/aromatic N) is 1. The Morgan fingerprint density at radius 3 is 2.24 bits per heavy atom. The van der Waals surface area contributed by atoms with Crippen LogP contribution in [0.4, 0.5) is 0 Å². The lowest BCUT2D eigenvalue weighted by Crippen LogP contribution is -2.29. The molecule has 1 heterocycles. The van der Waals surface area contributed by atoms with Crippen molar-refractivity contribution in [1.29, 1.82) is 0 Å². The molecule has 1 unspecified atom stereocenters. The van der Waals surface area contributed by atoms with Crippen molar-refractivity contribution >= 4 is 20.0 Å². The minimum Gasteiger partial charge on any atom is -0.396 e. The van der Waals surface area contributed by atoms with Crippen molar-refractivity contribution in [2.45, 2.75) is 16.2 Å². The van der Waals surface area contributed by atoms with Gasteiger partial charge in [-0.05, 0) is 43.7 Å². The summed E-state index contributed by atoms with van der Waals surface area (Å²) in [4.78, 5) is 0.0646. The highest BCUT2D eigenvalue weighted by molar-refractivity contribution is 7.89. The van der Waals surface area contributed by atoms with Gasteiger partial charge >= 0.3 is 0 Å². The van der Waals surface area contributed by atoms with Crippen molar-refractivity contribution < 1.29 is 21.9 Å². The molecule has 0 saturated carbocycles. The molecule has 1 aromatic rings. The Bertz CT molecular complexity index is 698. The van der Waals surface area contributed by atoms with Crippen LogP contribution in [0.1, 0.15) is 6.42 Å². The summed E-state index contributed by atoms with van der Waals surface area (Å²) in [6, 6.07) is 5.09. The molecule has 0 spiro atoms. The average molecular weight is 334 g/mol. The third-order valence-electron chi connectivity index (χ3n) is 3.55. The van der Waals surface area contributed by atoms with E-state index in [2.05, 4.69) is 4.72 Å². The molecule has 1 aliphatic heterocycles. The fourth-order valence-electron chi connectivity index (χ4n) is 2.22. The van der Waals surface area contributed by atoms with E-state index in [1.807, 2.05) is 0 Å². The summed E-state index contributed by atoms with van der Waals surface area (Å²) in [6.07, 6.45) is 0.627. The zero-order valence-electron chi connectivity index (χ0n) is 11.6. The number of hydrogen-bond acceptors (Lipinski definition) is 5. The number of nitrogens with one attached hydrogen (secondary N) is 1. The lowest BCUT2D eigenvalue weighted by Gasteiger charge is -2.16. The van der Waals surface area contributed by atoms with Crippen molar-refractivity contribution in [2.75, 3.05) is 26.7 Å². The van der Waals surface area contributed by atoms with Crippen molar-refractivity contribution in [2.24, 2.45) is 5.92 Å². The predicted octanol–water partition coefficient (Wildman–Crippen LogP) is -0.402. The molecule has 0 bridgehead atoms. The predicted molar refractivity (Wildman–Crippen MR) is 76.6 cm³/mol. The van der Waals surface area contributed by atoms with Gasteiger partial charge in [-0.2, -0.15) is 4.31 Å². The Kier molecular flexibility index (Phi) is 4.69. The Morgan fingerprint density at radius 1 is 1.19 bits per heavy atom. The van der Waals surface area contributed by atoms with Crippen LogP contribution in [0.25, 0.3) is 0 Å². The number of benzene rings is 1. The highest BCUT2D eigenvalue weighted by Crippen LogP contribution is 2.24. The van der Waals surface area contributed by atoms with Gasteiger partial charge in [0.2, 0.25) is 20.0 Å². The van der Waals surface area contributed by atoms with Gasteiger partial charge in [-0.15, -0.1) is 0 Å². The van der Waals surface area contributed by atoms with Gasteiger partial charge in [0.05, 0.1) is 9.79 Å². The second kappa shape index (κ2) is 6.01. The second-order valence-corrected chi connectivity index (χ2v) is 8.70. The smallest absolute Gasteiger partial charge is 0.243 e. The third-order valence-corrected chi connectivity index (χ3v) is 6.86. The molecular formula is C12H18N2O5S2. The molecule has 21 heavy (non-hydrogen) atoms. The van der Waals surface area contributed by atoms with Crippen molar-refractivity contribution in [3.63, 3.8) is 0 Å². The molecule has 1 atom stereocenters. The quantitative estimate of drug-likeness (QED) is 0.762. The van der Waals surface area contributed by atoms with Crippen LogP contribution in [-0.4, -0.2) is 53.0 Å². The number of sulfonamides is 2. The molecule has 1 fully saturated rings. The van der Waals surface area contributed by atoms with E-state index in [1.54, 1.807) is 0 Å². The van der Waals surface area contributed by atoms with E-state index in [0.717, 1.165) is 0 Å². The number of aliphatic hydroxyl groups excluding tert-OH is 1. The van der Waals surface area contributed by atoms with Gasteiger partial charge in [-0.3, -0.25) is 0 Å². The first kappa shape index (κ1) is 16.4. The molecule has 1 aliphatic rings. The normalized spacial score (nSPS) is 20.8. The summed E-state index contributed by atoms with van der Waals surface area (Å²) in [6.45, 7) is 0.616. The molecule has 118 valence electrons. The Labute approximate surface area is 124 Å². The van der Waals surface area contributed by atoms with Crippen LogP contribution in [-0.2, 0) is 20.0 Å². The van der Waals surface area contributed by atoms with E-state index in [-0.39, 0.29) is 28.9 Å². The SMILES string of the molecule is CNS(=O)(=O)c1ccc(S(=O)(=O)N2CCC(CO)C2)cc1. The van der Waals surface area contributed by atoms with Gasteiger partial charge in [0.1, 0.15) is 0 Å². The maximum Gasteiger partial charge on any atom is 0.243 e. The molecule has 9 heteroatoms. The molecule has 2 rings (SSSR count). The van der Waals surface area contributed by atoms with Crippen LogP contribution in [0.5, 0.6) is 0 Å². The first-order valence-electron chi connectivity index (χ1n) is 6.46. The molecule has 0 amide bonds. The molecule has 0 aromatic heterocycles. The van der Waals surface area contributed by atoms with Crippen LogP contribution >= 0.6 is 0 Å². The van der Waals surface area contributed by atoms with Crippen LogP contribution in [0.15, 0.2) is 34.1 Å². The van der Waals surface area contributed by atoms with E-state index in [1.165, 1.54) is 35.6 Å². The van der Waals surface area contributed by atoms with E-state index in [4.69, 9.17) is 5.11 Å². The van der Waals surface area contributed by atoms with E-state index < -0.39 is 20.0 Å². The average Bonchev–Trinajstić information content (AvgIpc) is 2.97. The van der Waals surface area contributed by atoms with Gasteiger partial charge in [0.15, 0.2) is 0 Å². The first-order chi connectivity index (χ1) is 9.81. The zero-order chi connectivity index (χ0) is 15.7. The highest BCUT2D eigenvalue weighted by atomic mass is 32.2. The van der Waals surface area contributed by atoms with Crippen LogP contribution in [0.3, 0.4) is 0 Å². The highest BCUT2D eigenvalue weighted by Gasteiger charge is 2.32. The molecule has 0 radical (unpaired) electrons. The van der Waals surface area contributed by atoms with Crippen molar-refractivity contribution in [3.05, 3.63) is 24.3 Å². The molecule has 7 nitrogen and oxygen atoms in total. The van der Waals surface area contributed by atoms with Gasteiger partial charge in [-0.1, -0.05) is 0 Å². The summed E-state index contributed by atoms with van der Waals surface area (Å²) in [5.41, 5.74) is 0. The topological polar surface area (TPSA) is 104 Å². The van der Waals surface area contributed by atoms with Crippen LogP contribution in [0.2, 0.25) is 0 Å². The second-order valence-electron chi connectivity index (χ2n) is 4.88. The Morgan fingerprint density at radius 2 is 1.76 bits per heavy atom. The maximum atomic E-state index is 12.4. The molecule has 1 saturated heterocycles. The van der Waals surface area contributed by atoms with E-state index in [9.17, 15) is 16.8 Å². The lowest BCUT2D eigenvalue weighted by molar-refractivity contribution is 0.233. The molecular weight excluding hydrogens is 316 g/mol. The van der Waals surface area contributed by atoms with Crippen molar-refractivity contribution in [1.82, 2.24) is 9.03 Å². The van der Waals surface area contributed by atoms with E-state index in [0.29, 0.717) is 13.0 Å². The zero-order valence-corrected chi connectivity index (χ0v) is 13.2.